The minimum absolute atomic E-state index is 1.08. The second-order valence-corrected chi connectivity index (χ2v) is 4.65. The Kier molecular flexibility index (Phi) is 3.07. The zero-order valence-electron chi connectivity index (χ0n) is 8.90. The van der Waals surface area contributed by atoms with E-state index in [1.807, 2.05) is 19.9 Å². The van der Waals surface area contributed by atoms with Crippen LogP contribution in [0.3, 0.4) is 0 Å². The van der Waals surface area contributed by atoms with Gasteiger partial charge in [0.05, 0.1) is 0 Å². The molecule has 0 fully saturated rings. The van der Waals surface area contributed by atoms with Crippen LogP contribution in [-0.4, -0.2) is 4.98 Å². The fourth-order valence-corrected chi connectivity index (χ4v) is 2.50. The van der Waals surface area contributed by atoms with Gasteiger partial charge >= 0.3 is 0 Å². The summed E-state index contributed by atoms with van der Waals surface area (Å²) in [6.45, 7) is 4.06. The molecule has 0 aliphatic heterocycles. The number of aryl methyl sites for hydroxylation is 2. The summed E-state index contributed by atoms with van der Waals surface area (Å²) in [6.07, 6.45) is 0. The van der Waals surface area contributed by atoms with Gasteiger partial charge in [0.15, 0.2) is 0 Å². The standard InChI is InChI=1S/C13H13NS/c1-10-8-13(9-11(2)14-10)15-12-6-4-3-5-7-12/h3-9H,1-2H3. The smallest absolute Gasteiger partial charge is 0.0387 e. The van der Waals surface area contributed by atoms with Crippen LogP contribution < -0.4 is 0 Å². The van der Waals surface area contributed by atoms with Crippen LogP contribution in [0.1, 0.15) is 11.4 Å². The van der Waals surface area contributed by atoms with Crippen LogP contribution in [0.5, 0.6) is 0 Å². The Balaban J connectivity index is 2.25. The Morgan fingerprint density at radius 1 is 0.867 bits per heavy atom. The maximum Gasteiger partial charge on any atom is 0.0387 e. The molecule has 2 rings (SSSR count). The largest absolute Gasteiger partial charge is 0.258 e. The molecule has 1 aromatic carbocycles. The van der Waals surface area contributed by atoms with Gasteiger partial charge in [-0.1, -0.05) is 30.0 Å². The molecule has 0 bridgehead atoms. The van der Waals surface area contributed by atoms with Crippen LogP contribution in [0.25, 0.3) is 0 Å². The van der Waals surface area contributed by atoms with Crippen molar-refractivity contribution in [2.45, 2.75) is 23.6 Å². The van der Waals surface area contributed by atoms with E-state index in [1.165, 1.54) is 9.79 Å². The van der Waals surface area contributed by atoms with E-state index < -0.39 is 0 Å². The fraction of sp³-hybridized carbons (Fsp3) is 0.154. The zero-order chi connectivity index (χ0) is 10.7. The molecule has 0 unspecified atom stereocenters. The molecule has 2 aromatic rings. The average Bonchev–Trinajstić information content (AvgIpc) is 2.17. The molecule has 0 aliphatic carbocycles. The summed E-state index contributed by atoms with van der Waals surface area (Å²) in [5, 5.41) is 0. The van der Waals surface area contributed by atoms with Gasteiger partial charge in [-0.15, -0.1) is 0 Å². The Bertz CT molecular complexity index is 431. The van der Waals surface area contributed by atoms with Crippen LogP contribution in [0.4, 0.5) is 0 Å². The predicted octanol–water partition coefficient (Wildman–Crippen LogP) is 3.85. The van der Waals surface area contributed by atoms with Gasteiger partial charge in [0.25, 0.3) is 0 Å². The van der Waals surface area contributed by atoms with E-state index in [-0.39, 0.29) is 0 Å². The molecule has 76 valence electrons. The summed E-state index contributed by atoms with van der Waals surface area (Å²) < 4.78 is 0. The molecule has 1 aromatic heterocycles. The van der Waals surface area contributed by atoms with Crippen molar-refractivity contribution in [2.24, 2.45) is 0 Å². The van der Waals surface area contributed by atoms with Gasteiger partial charge in [-0.2, -0.15) is 0 Å². The van der Waals surface area contributed by atoms with Gasteiger partial charge in [-0.3, -0.25) is 4.98 Å². The van der Waals surface area contributed by atoms with Crippen molar-refractivity contribution in [2.75, 3.05) is 0 Å². The Morgan fingerprint density at radius 2 is 1.47 bits per heavy atom. The quantitative estimate of drug-likeness (QED) is 0.754. The highest BCUT2D eigenvalue weighted by molar-refractivity contribution is 7.99. The first-order chi connectivity index (χ1) is 7.24. The number of hydrogen-bond acceptors (Lipinski definition) is 2. The SMILES string of the molecule is Cc1cc(Sc2ccccc2)cc(C)n1. The third-order valence-electron chi connectivity index (χ3n) is 2.03. The molecule has 0 N–H and O–H groups in total. The topological polar surface area (TPSA) is 12.9 Å². The highest BCUT2D eigenvalue weighted by Gasteiger charge is 1.99. The number of aromatic nitrogens is 1. The third kappa shape index (κ3) is 2.83. The van der Waals surface area contributed by atoms with Crippen molar-refractivity contribution in [3.63, 3.8) is 0 Å². The van der Waals surface area contributed by atoms with Crippen LogP contribution in [0, 0.1) is 13.8 Å². The molecular formula is C13H13NS. The minimum Gasteiger partial charge on any atom is -0.258 e. The lowest BCUT2D eigenvalue weighted by Gasteiger charge is -2.03. The van der Waals surface area contributed by atoms with Crippen molar-refractivity contribution in [1.82, 2.24) is 4.98 Å². The zero-order valence-corrected chi connectivity index (χ0v) is 9.71. The maximum absolute atomic E-state index is 4.36. The Hall–Kier alpha value is -1.28. The van der Waals surface area contributed by atoms with Gasteiger partial charge in [-0.25, -0.2) is 0 Å². The highest BCUT2D eigenvalue weighted by Crippen LogP contribution is 2.27. The number of hydrogen-bond donors (Lipinski definition) is 0. The van der Waals surface area contributed by atoms with Gasteiger partial charge < -0.3 is 0 Å². The van der Waals surface area contributed by atoms with Crippen molar-refractivity contribution in [3.05, 3.63) is 53.9 Å². The van der Waals surface area contributed by atoms with E-state index in [2.05, 4.69) is 41.4 Å². The van der Waals surface area contributed by atoms with Crippen LogP contribution in [0.2, 0.25) is 0 Å². The molecule has 0 saturated carbocycles. The third-order valence-corrected chi connectivity index (χ3v) is 3.01. The molecule has 0 atom stereocenters. The van der Waals surface area contributed by atoms with Crippen LogP contribution in [-0.2, 0) is 0 Å². The predicted molar refractivity (Wildman–Crippen MR) is 64.3 cm³/mol. The molecule has 1 heterocycles. The first-order valence-corrected chi connectivity index (χ1v) is 5.74. The number of nitrogens with zero attached hydrogens (tertiary/aromatic N) is 1. The highest BCUT2D eigenvalue weighted by atomic mass is 32.2. The normalized spacial score (nSPS) is 10.3. The average molecular weight is 215 g/mol. The van der Waals surface area contributed by atoms with Gasteiger partial charge in [-0.05, 0) is 38.1 Å². The molecular weight excluding hydrogens is 202 g/mol. The molecule has 0 radical (unpaired) electrons. The van der Waals surface area contributed by atoms with Crippen molar-refractivity contribution in [1.29, 1.82) is 0 Å². The van der Waals surface area contributed by atoms with Gasteiger partial charge in [0.1, 0.15) is 0 Å². The van der Waals surface area contributed by atoms with Crippen molar-refractivity contribution in [3.8, 4) is 0 Å². The molecule has 1 nitrogen and oxygen atoms in total. The summed E-state index contributed by atoms with van der Waals surface area (Å²) in [6, 6.07) is 14.6. The lowest BCUT2D eigenvalue weighted by atomic mass is 10.3. The van der Waals surface area contributed by atoms with E-state index in [0.29, 0.717) is 0 Å². The number of benzene rings is 1. The second-order valence-electron chi connectivity index (χ2n) is 3.50. The summed E-state index contributed by atoms with van der Waals surface area (Å²) in [7, 11) is 0. The first kappa shape index (κ1) is 10.2. The lowest BCUT2D eigenvalue weighted by Crippen LogP contribution is -1.86. The van der Waals surface area contributed by atoms with Crippen LogP contribution in [0.15, 0.2) is 52.3 Å². The summed E-state index contributed by atoms with van der Waals surface area (Å²) in [5.74, 6) is 0. The fourth-order valence-electron chi connectivity index (χ4n) is 1.48. The van der Waals surface area contributed by atoms with E-state index in [9.17, 15) is 0 Å². The van der Waals surface area contributed by atoms with E-state index in [1.54, 1.807) is 11.8 Å². The minimum atomic E-state index is 1.08. The van der Waals surface area contributed by atoms with Gasteiger partial charge in [0, 0.05) is 21.2 Å². The first-order valence-electron chi connectivity index (χ1n) is 4.92. The molecule has 0 amide bonds. The summed E-state index contributed by atoms with van der Waals surface area (Å²) in [5.41, 5.74) is 2.15. The number of pyridine rings is 1. The molecule has 2 heteroatoms. The summed E-state index contributed by atoms with van der Waals surface area (Å²) >= 11 is 1.78. The van der Waals surface area contributed by atoms with Crippen molar-refractivity contribution >= 4 is 11.8 Å². The van der Waals surface area contributed by atoms with E-state index >= 15 is 0 Å². The molecule has 0 saturated heterocycles. The number of rotatable bonds is 2. The van der Waals surface area contributed by atoms with E-state index in [4.69, 9.17) is 0 Å². The van der Waals surface area contributed by atoms with Gasteiger partial charge in [0.2, 0.25) is 0 Å². The summed E-state index contributed by atoms with van der Waals surface area (Å²) in [4.78, 5) is 6.88. The maximum atomic E-state index is 4.36. The Morgan fingerprint density at radius 3 is 2.07 bits per heavy atom. The molecule has 0 spiro atoms. The van der Waals surface area contributed by atoms with Crippen LogP contribution >= 0.6 is 11.8 Å². The monoisotopic (exact) mass is 215 g/mol. The lowest BCUT2D eigenvalue weighted by molar-refractivity contribution is 1.09. The Labute approximate surface area is 94.6 Å². The molecule has 0 aliphatic rings. The van der Waals surface area contributed by atoms with Crippen molar-refractivity contribution < 1.29 is 0 Å². The van der Waals surface area contributed by atoms with E-state index in [0.717, 1.165) is 11.4 Å². The second kappa shape index (κ2) is 4.49. The molecule has 15 heavy (non-hydrogen) atoms.